The second-order valence-corrected chi connectivity index (χ2v) is 6.40. The Morgan fingerprint density at radius 2 is 1.93 bits per heavy atom. The standard InChI is InChI=1S/C19H16Cl2N2O4/c1-25-13-5-6-17(26-2)14(8-13)18-9-16(23-27-18)19(24)22-10-11-3-4-12(20)7-15(11)21/h3-9H,10H2,1-2H3,(H,22,24). The van der Waals surface area contributed by atoms with Crippen molar-refractivity contribution >= 4 is 29.1 Å². The van der Waals surface area contributed by atoms with E-state index >= 15 is 0 Å². The van der Waals surface area contributed by atoms with Crippen molar-refractivity contribution in [2.45, 2.75) is 6.54 Å². The first-order chi connectivity index (χ1) is 13.0. The molecule has 1 amide bonds. The summed E-state index contributed by atoms with van der Waals surface area (Å²) in [6.45, 7) is 0.236. The highest BCUT2D eigenvalue weighted by Crippen LogP contribution is 2.33. The van der Waals surface area contributed by atoms with Crippen LogP contribution in [0, 0.1) is 0 Å². The fourth-order valence-corrected chi connectivity index (χ4v) is 2.92. The Morgan fingerprint density at radius 3 is 2.63 bits per heavy atom. The summed E-state index contributed by atoms with van der Waals surface area (Å²) in [5, 5.41) is 7.59. The summed E-state index contributed by atoms with van der Waals surface area (Å²) < 4.78 is 15.9. The van der Waals surface area contributed by atoms with Crippen molar-refractivity contribution in [1.29, 1.82) is 0 Å². The molecular formula is C19H16Cl2N2O4. The van der Waals surface area contributed by atoms with Crippen molar-refractivity contribution in [3.8, 4) is 22.8 Å². The van der Waals surface area contributed by atoms with Crippen LogP contribution in [0.5, 0.6) is 11.5 Å². The summed E-state index contributed by atoms with van der Waals surface area (Å²) in [6.07, 6.45) is 0. The largest absolute Gasteiger partial charge is 0.497 e. The zero-order valence-electron chi connectivity index (χ0n) is 14.6. The highest BCUT2D eigenvalue weighted by molar-refractivity contribution is 6.35. The Balaban J connectivity index is 1.76. The van der Waals surface area contributed by atoms with Gasteiger partial charge in [0.1, 0.15) is 11.5 Å². The van der Waals surface area contributed by atoms with Crippen molar-refractivity contribution in [2.24, 2.45) is 0 Å². The Bertz CT molecular complexity index is 972. The predicted octanol–water partition coefficient (Wildman–Crippen LogP) is 4.60. The smallest absolute Gasteiger partial charge is 0.273 e. The number of nitrogens with one attached hydrogen (secondary N) is 1. The van der Waals surface area contributed by atoms with Gasteiger partial charge in [0.15, 0.2) is 11.5 Å². The van der Waals surface area contributed by atoms with E-state index in [0.29, 0.717) is 32.9 Å². The summed E-state index contributed by atoms with van der Waals surface area (Å²) in [4.78, 5) is 12.4. The lowest BCUT2D eigenvalue weighted by Gasteiger charge is -2.07. The number of carbonyl (C=O) groups excluding carboxylic acids is 1. The maximum Gasteiger partial charge on any atom is 0.273 e. The van der Waals surface area contributed by atoms with Gasteiger partial charge in [0.2, 0.25) is 0 Å². The van der Waals surface area contributed by atoms with Crippen LogP contribution in [0.1, 0.15) is 16.1 Å². The van der Waals surface area contributed by atoms with Crippen LogP contribution in [0.2, 0.25) is 10.0 Å². The van der Waals surface area contributed by atoms with Gasteiger partial charge in [-0.2, -0.15) is 0 Å². The molecule has 0 bridgehead atoms. The third kappa shape index (κ3) is 4.35. The molecule has 3 aromatic rings. The number of hydrogen-bond acceptors (Lipinski definition) is 5. The molecule has 8 heteroatoms. The van der Waals surface area contributed by atoms with Gasteiger partial charge in [0, 0.05) is 22.7 Å². The molecule has 2 aromatic carbocycles. The average molecular weight is 407 g/mol. The molecule has 3 rings (SSSR count). The number of halogens is 2. The SMILES string of the molecule is COc1ccc(OC)c(-c2cc(C(=O)NCc3ccc(Cl)cc3Cl)no2)c1. The van der Waals surface area contributed by atoms with Crippen molar-refractivity contribution in [2.75, 3.05) is 14.2 Å². The number of benzene rings is 2. The van der Waals surface area contributed by atoms with Gasteiger partial charge in [-0.25, -0.2) is 0 Å². The third-order valence-electron chi connectivity index (χ3n) is 3.87. The number of methoxy groups -OCH3 is 2. The van der Waals surface area contributed by atoms with E-state index in [1.165, 1.54) is 6.07 Å². The van der Waals surface area contributed by atoms with Gasteiger partial charge in [-0.15, -0.1) is 0 Å². The van der Waals surface area contributed by atoms with Gasteiger partial charge in [0.25, 0.3) is 5.91 Å². The van der Waals surface area contributed by atoms with Crippen molar-refractivity contribution in [3.63, 3.8) is 0 Å². The first kappa shape index (κ1) is 19.1. The minimum absolute atomic E-state index is 0.139. The van der Waals surface area contributed by atoms with E-state index in [1.807, 2.05) is 0 Å². The van der Waals surface area contributed by atoms with E-state index in [9.17, 15) is 4.79 Å². The van der Waals surface area contributed by atoms with E-state index < -0.39 is 5.91 Å². The van der Waals surface area contributed by atoms with E-state index in [2.05, 4.69) is 10.5 Å². The lowest BCUT2D eigenvalue weighted by molar-refractivity contribution is 0.0942. The highest BCUT2D eigenvalue weighted by Gasteiger charge is 2.17. The Labute approximate surface area is 166 Å². The molecule has 1 heterocycles. The fraction of sp³-hybridized carbons (Fsp3) is 0.158. The van der Waals surface area contributed by atoms with Crippen LogP contribution in [-0.2, 0) is 6.54 Å². The molecule has 0 aliphatic rings. The number of nitrogens with zero attached hydrogens (tertiary/aromatic N) is 1. The molecule has 1 aromatic heterocycles. The quantitative estimate of drug-likeness (QED) is 0.647. The molecule has 0 radical (unpaired) electrons. The highest BCUT2D eigenvalue weighted by atomic mass is 35.5. The van der Waals surface area contributed by atoms with Gasteiger partial charge in [-0.05, 0) is 35.9 Å². The number of hydrogen-bond donors (Lipinski definition) is 1. The molecular weight excluding hydrogens is 391 g/mol. The van der Waals surface area contributed by atoms with Crippen LogP contribution in [-0.4, -0.2) is 25.3 Å². The summed E-state index contributed by atoms with van der Waals surface area (Å²) in [6, 6.07) is 11.9. The number of ether oxygens (including phenoxy) is 2. The van der Waals surface area contributed by atoms with Gasteiger partial charge >= 0.3 is 0 Å². The Morgan fingerprint density at radius 1 is 1.11 bits per heavy atom. The topological polar surface area (TPSA) is 73.6 Å². The molecule has 0 saturated carbocycles. The van der Waals surface area contributed by atoms with Crippen molar-refractivity contribution in [1.82, 2.24) is 10.5 Å². The summed E-state index contributed by atoms with van der Waals surface area (Å²) in [5.74, 6) is 1.20. The van der Waals surface area contributed by atoms with Crippen LogP contribution in [0.15, 0.2) is 47.0 Å². The van der Waals surface area contributed by atoms with Crippen molar-refractivity contribution in [3.05, 3.63) is 63.8 Å². The summed E-state index contributed by atoms with van der Waals surface area (Å²) >= 11 is 12.0. The maximum atomic E-state index is 12.4. The molecule has 0 aliphatic carbocycles. The van der Waals surface area contributed by atoms with Gasteiger partial charge in [0.05, 0.1) is 19.8 Å². The van der Waals surface area contributed by atoms with E-state index in [1.54, 1.807) is 50.6 Å². The molecule has 0 saturated heterocycles. The number of aromatic nitrogens is 1. The van der Waals surface area contributed by atoms with Gasteiger partial charge in [-0.1, -0.05) is 34.4 Å². The monoisotopic (exact) mass is 406 g/mol. The molecule has 0 spiro atoms. The normalized spacial score (nSPS) is 10.5. The van der Waals surface area contributed by atoms with E-state index in [4.69, 9.17) is 37.2 Å². The molecule has 0 aliphatic heterocycles. The molecule has 0 fully saturated rings. The number of amides is 1. The van der Waals surface area contributed by atoms with Gasteiger partial charge < -0.3 is 19.3 Å². The molecule has 0 atom stereocenters. The van der Waals surface area contributed by atoms with E-state index in [0.717, 1.165) is 5.56 Å². The second kappa shape index (κ2) is 8.33. The lowest BCUT2D eigenvalue weighted by Crippen LogP contribution is -2.23. The zero-order valence-corrected chi connectivity index (χ0v) is 16.1. The van der Waals surface area contributed by atoms with Crippen LogP contribution < -0.4 is 14.8 Å². The van der Waals surface area contributed by atoms with Crippen molar-refractivity contribution < 1.29 is 18.8 Å². The average Bonchev–Trinajstić information content (AvgIpc) is 3.16. The Kier molecular flexibility index (Phi) is 5.88. The molecule has 1 N–H and O–H groups in total. The fourth-order valence-electron chi connectivity index (χ4n) is 2.45. The van der Waals surface area contributed by atoms with E-state index in [-0.39, 0.29) is 12.2 Å². The number of rotatable bonds is 6. The minimum Gasteiger partial charge on any atom is -0.497 e. The van der Waals surface area contributed by atoms with Gasteiger partial charge in [-0.3, -0.25) is 4.79 Å². The number of carbonyl (C=O) groups is 1. The maximum absolute atomic E-state index is 12.4. The second-order valence-electron chi connectivity index (χ2n) is 5.56. The summed E-state index contributed by atoms with van der Waals surface area (Å²) in [5.41, 5.74) is 1.51. The lowest BCUT2D eigenvalue weighted by atomic mass is 10.1. The first-order valence-corrected chi connectivity index (χ1v) is 8.68. The molecule has 0 unspecified atom stereocenters. The minimum atomic E-state index is -0.391. The Hall–Kier alpha value is -2.70. The molecule has 6 nitrogen and oxygen atoms in total. The van der Waals surface area contributed by atoms with Crippen LogP contribution >= 0.6 is 23.2 Å². The third-order valence-corrected chi connectivity index (χ3v) is 4.46. The van der Waals surface area contributed by atoms with Crippen LogP contribution in [0.3, 0.4) is 0 Å². The van der Waals surface area contributed by atoms with Crippen LogP contribution in [0.4, 0.5) is 0 Å². The first-order valence-electron chi connectivity index (χ1n) is 7.93. The molecule has 140 valence electrons. The van der Waals surface area contributed by atoms with Crippen LogP contribution in [0.25, 0.3) is 11.3 Å². The molecule has 27 heavy (non-hydrogen) atoms. The predicted molar refractivity (Wildman–Crippen MR) is 103 cm³/mol. The zero-order chi connectivity index (χ0) is 19.4. The summed E-state index contributed by atoms with van der Waals surface area (Å²) in [7, 11) is 3.11.